The first-order valence-electron chi connectivity index (χ1n) is 13.0. The second-order valence-electron chi connectivity index (χ2n) is 10.6. The standard InChI is InChI=1S/C35H26N2/c1-35(2)28-18-8-9-19-30(28)36(25-15-10-14-24(22-25)23-12-4-3-5-13-23)34-32(35)31-21-11-20-29-26-16-6-7-17-27(26)33(34)37(29)31/h3-22H,1-2H3. The highest BCUT2D eigenvalue weighted by molar-refractivity contribution is 6.18. The molecule has 0 saturated carbocycles. The van der Waals surface area contributed by atoms with Gasteiger partial charge in [-0.15, -0.1) is 0 Å². The van der Waals surface area contributed by atoms with Gasteiger partial charge in [0.05, 0.1) is 27.9 Å². The predicted molar refractivity (Wildman–Crippen MR) is 156 cm³/mol. The van der Waals surface area contributed by atoms with Crippen molar-refractivity contribution in [2.24, 2.45) is 0 Å². The molecule has 0 atom stereocenters. The molecule has 0 aliphatic carbocycles. The Kier molecular flexibility index (Phi) is 4.03. The number of nitrogens with zero attached hydrogens (tertiary/aromatic N) is 2. The lowest BCUT2D eigenvalue weighted by molar-refractivity contribution is 0.639. The van der Waals surface area contributed by atoms with Gasteiger partial charge in [-0.25, -0.2) is 0 Å². The van der Waals surface area contributed by atoms with E-state index in [1.54, 1.807) is 0 Å². The summed E-state index contributed by atoms with van der Waals surface area (Å²) >= 11 is 0. The van der Waals surface area contributed by atoms with Gasteiger partial charge >= 0.3 is 0 Å². The zero-order chi connectivity index (χ0) is 24.7. The molecule has 0 bridgehead atoms. The Morgan fingerprint density at radius 2 is 1.24 bits per heavy atom. The molecule has 2 heteroatoms. The molecule has 0 unspecified atom stereocenters. The Morgan fingerprint density at radius 3 is 2.11 bits per heavy atom. The fourth-order valence-corrected chi connectivity index (χ4v) is 6.67. The normalized spacial score (nSPS) is 14.4. The molecule has 0 fully saturated rings. The number of para-hydroxylation sites is 1. The van der Waals surface area contributed by atoms with E-state index >= 15 is 0 Å². The number of aromatic nitrogens is 1. The van der Waals surface area contributed by atoms with E-state index in [1.165, 1.54) is 66.6 Å². The molecule has 0 amide bonds. The maximum absolute atomic E-state index is 2.51. The lowest BCUT2D eigenvalue weighted by Crippen LogP contribution is -2.29. The van der Waals surface area contributed by atoms with Crippen molar-refractivity contribution in [3.8, 4) is 11.1 Å². The van der Waals surface area contributed by atoms with Crippen LogP contribution in [0.2, 0.25) is 0 Å². The van der Waals surface area contributed by atoms with Crippen LogP contribution >= 0.6 is 0 Å². The number of rotatable bonds is 2. The topological polar surface area (TPSA) is 7.65 Å². The SMILES string of the molecule is CC1(C)c2ccccc2N(c2cccc(-c3ccccc3)c2)c2c1c1cccc3c4ccccc4c2n13. The molecule has 3 aromatic heterocycles. The Labute approximate surface area is 216 Å². The number of hydrogen-bond donors (Lipinski definition) is 0. The van der Waals surface area contributed by atoms with Crippen molar-refractivity contribution >= 4 is 44.4 Å². The summed E-state index contributed by atoms with van der Waals surface area (Å²) < 4.78 is 2.50. The van der Waals surface area contributed by atoms with Crippen LogP contribution < -0.4 is 4.90 Å². The summed E-state index contributed by atoms with van der Waals surface area (Å²) in [5, 5.41) is 2.61. The minimum Gasteiger partial charge on any atom is -0.308 e. The van der Waals surface area contributed by atoms with E-state index in [2.05, 4.69) is 144 Å². The molecule has 37 heavy (non-hydrogen) atoms. The van der Waals surface area contributed by atoms with E-state index < -0.39 is 0 Å². The van der Waals surface area contributed by atoms with Gasteiger partial charge in [-0.1, -0.05) is 105 Å². The van der Waals surface area contributed by atoms with Gasteiger partial charge in [0.15, 0.2) is 0 Å². The molecule has 0 radical (unpaired) electrons. The lowest BCUT2D eigenvalue weighted by Gasteiger charge is -2.40. The third kappa shape index (κ3) is 2.65. The van der Waals surface area contributed by atoms with Gasteiger partial charge in [0.1, 0.15) is 0 Å². The maximum Gasteiger partial charge on any atom is 0.0786 e. The van der Waals surface area contributed by atoms with Crippen LogP contribution in [0.15, 0.2) is 121 Å². The molecule has 4 heterocycles. The quantitative estimate of drug-likeness (QED) is 0.242. The minimum atomic E-state index is -0.145. The van der Waals surface area contributed by atoms with Crippen molar-refractivity contribution in [2.75, 3.05) is 4.90 Å². The van der Waals surface area contributed by atoms with Crippen LogP contribution in [0.25, 0.3) is 38.4 Å². The molecule has 176 valence electrons. The molecule has 0 N–H and O–H groups in total. The zero-order valence-corrected chi connectivity index (χ0v) is 20.9. The average Bonchev–Trinajstić information content (AvgIpc) is 3.47. The highest BCUT2D eigenvalue weighted by atomic mass is 15.2. The monoisotopic (exact) mass is 474 g/mol. The molecule has 2 nitrogen and oxygen atoms in total. The van der Waals surface area contributed by atoms with Crippen LogP contribution in [0, 0.1) is 0 Å². The van der Waals surface area contributed by atoms with E-state index in [1.807, 2.05) is 0 Å². The first-order chi connectivity index (χ1) is 18.1. The first kappa shape index (κ1) is 20.6. The van der Waals surface area contributed by atoms with Crippen LogP contribution in [0.5, 0.6) is 0 Å². The van der Waals surface area contributed by atoms with Gasteiger partial charge in [0.2, 0.25) is 0 Å². The largest absolute Gasteiger partial charge is 0.308 e. The molecule has 1 aliphatic heterocycles. The number of benzene rings is 4. The van der Waals surface area contributed by atoms with Crippen molar-refractivity contribution < 1.29 is 0 Å². The molecule has 1 aliphatic rings. The van der Waals surface area contributed by atoms with Crippen molar-refractivity contribution in [1.82, 2.24) is 4.40 Å². The smallest absolute Gasteiger partial charge is 0.0786 e. The molecule has 0 spiro atoms. The fourth-order valence-electron chi connectivity index (χ4n) is 6.67. The molecule has 4 aromatic carbocycles. The molecule has 7 aromatic rings. The van der Waals surface area contributed by atoms with Crippen LogP contribution in [0.1, 0.15) is 25.0 Å². The first-order valence-corrected chi connectivity index (χ1v) is 13.0. The highest BCUT2D eigenvalue weighted by Gasteiger charge is 2.41. The summed E-state index contributed by atoms with van der Waals surface area (Å²) in [6.45, 7) is 4.76. The summed E-state index contributed by atoms with van der Waals surface area (Å²) in [4.78, 5) is 2.51. The number of fused-ring (bicyclic) bond motifs is 7. The summed E-state index contributed by atoms with van der Waals surface area (Å²) in [5.74, 6) is 0. The van der Waals surface area contributed by atoms with Gasteiger partial charge in [0, 0.05) is 27.4 Å². The van der Waals surface area contributed by atoms with Crippen LogP contribution in [-0.2, 0) is 5.41 Å². The third-order valence-electron chi connectivity index (χ3n) is 8.27. The molecular formula is C35H26N2. The Bertz CT molecular complexity index is 1960. The summed E-state index contributed by atoms with van der Waals surface area (Å²) in [6, 6.07) is 44.2. The van der Waals surface area contributed by atoms with Crippen LogP contribution in [0.4, 0.5) is 17.1 Å². The number of anilines is 3. The van der Waals surface area contributed by atoms with Crippen LogP contribution in [-0.4, -0.2) is 4.40 Å². The molecule has 0 saturated heterocycles. The second-order valence-corrected chi connectivity index (χ2v) is 10.6. The van der Waals surface area contributed by atoms with Gasteiger partial charge in [0.25, 0.3) is 0 Å². The van der Waals surface area contributed by atoms with Gasteiger partial charge in [-0.2, -0.15) is 0 Å². The number of hydrogen-bond acceptors (Lipinski definition) is 1. The Morgan fingerprint density at radius 1 is 0.568 bits per heavy atom. The van der Waals surface area contributed by atoms with Crippen molar-refractivity contribution in [3.63, 3.8) is 0 Å². The molecular weight excluding hydrogens is 448 g/mol. The molecule has 8 rings (SSSR count). The average molecular weight is 475 g/mol. The number of pyridine rings is 1. The Balaban J connectivity index is 1.53. The predicted octanol–water partition coefficient (Wildman–Crippen LogP) is 9.46. The third-order valence-corrected chi connectivity index (χ3v) is 8.27. The Hall–Kier alpha value is -4.56. The fraction of sp³-hybridized carbons (Fsp3) is 0.0857. The van der Waals surface area contributed by atoms with Gasteiger partial charge < -0.3 is 9.30 Å². The van der Waals surface area contributed by atoms with Gasteiger partial charge in [-0.05, 0) is 47.0 Å². The highest BCUT2D eigenvalue weighted by Crippen LogP contribution is 2.57. The van der Waals surface area contributed by atoms with Crippen molar-refractivity contribution in [3.05, 3.63) is 132 Å². The van der Waals surface area contributed by atoms with E-state index in [-0.39, 0.29) is 5.41 Å². The summed E-state index contributed by atoms with van der Waals surface area (Å²) in [6.07, 6.45) is 0. The lowest BCUT2D eigenvalue weighted by atomic mass is 9.73. The van der Waals surface area contributed by atoms with Crippen molar-refractivity contribution in [1.29, 1.82) is 0 Å². The minimum absolute atomic E-state index is 0.145. The second kappa shape index (κ2) is 7.24. The van der Waals surface area contributed by atoms with E-state index in [0.29, 0.717) is 0 Å². The zero-order valence-electron chi connectivity index (χ0n) is 20.9. The summed E-state index contributed by atoms with van der Waals surface area (Å²) in [5.41, 5.74) is 12.7. The summed E-state index contributed by atoms with van der Waals surface area (Å²) in [7, 11) is 0. The van der Waals surface area contributed by atoms with E-state index in [9.17, 15) is 0 Å². The van der Waals surface area contributed by atoms with Crippen LogP contribution in [0.3, 0.4) is 0 Å². The van der Waals surface area contributed by atoms with E-state index in [4.69, 9.17) is 0 Å². The van der Waals surface area contributed by atoms with E-state index in [0.717, 1.165) is 0 Å². The van der Waals surface area contributed by atoms with Crippen molar-refractivity contribution in [2.45, 2.75) is 19.3 Å². The maximum atomic E-state index is 2.51. The van der Waals surface area contributed by atoms with Gasteiger partial charge in [-0.3, -0.25) is 0 Å².